The van der Waals surface area contributed by atoms with Gasteiger partial charge in [0.25, 0.3) is 0 Å². The second-order valence-corrected chi connectivity index (χ2v) is 5.42. The number of hydrogen-bond acceptors (Lipinski definition) is 5. The average Bonchev–Trinajstić information content (AvgIpc) is 2.40. The number of anilines is 2. The van der Waals surface area contributed by atoms with E-state index in [9.17, 15) is 5.11 Å². The van der Waals surface area contributed by atoms with Gasteiger partial charge in [-0.3, -0.25) is 0 Å². The van der Waals surface area contributed by atoms with Crippen molar-refractivity contribution in [1.82, 2.24) is 9.97 Å². The summed E-state index contributed by atoms with van der Waals surface area (Å²) in [5, 5.41) is 16.1. The third-order valence-electron chi connectivity index (χ3n) is 3.33. The van der Waals surface area contributed by atoms with E-state index in [1.54, 1.807) is 0 Å². The van der Waals surface area contributed by atoms with Crippen molar-refractivity contribution in [3.05, 3.63) is 11.4 Å². The highest BCUT2D eigenvalue weighted by atomic mass is 16.3. The number of nitrogens with one attached hydrogen (secondary N) is 2. The lowest BCUT2D eigenvalue weighted by Gasteiger charge is -2.23. The molecule has 20 heavy (non-hydrogen) atoms. The molecule has 0 unspecified atom stereocenters. The summed E-state index contributed by atoms with van der Waals surface area (Å²) in [5.41, 5.74) is 1.01. The quantitative estimate of drug-likeness (QED) is 0.683. The van der Waals surface area contributed by atoms with Gasteiger partial charge in [0.2, 0.25) is 0 Å². The molecule has 1 aromatic rings. The third kappa shape index (κ3) is 4.34. The SMILES string of the molecule is CCCc1nc(NCC)c(C)c(N[C@H](CO)C(C)C)n1. The van der Waals surface area contributed by atoms with Crippen LogP contribution in [0.25, 0.3) is 0 Å². The van der Waals surface area contributed by atoms with Gasteiger partial charge >= 0.3 is 0 Å². The zero-order valence-corrected chi connectivity index (χ0v) is 13.3. The predicted octanol–water partition coefficient (Wildman–Crippen LogP) is 2.60. The second-order valence-electron chi connectivity index (χ2n) is 5.42. The molecule has 0 saturated heterocycles. The Kier molecular flexibility index (Phi) is 6.71. The van der Waals surface area contributed by atoms with Crippen molar-refractivity contribution in [2.45, 2.75) is 53.5 Å². The van der Waals surface area contributed by atoms with Gasteiger partial charge in [0, 0.05) is 18.5 Å². The van der Waals surface area contributed by atoms with E-state index in [2.05, 4.69) is 48.3 Å². The van der Waals surface area contributed by atoms with E-state index >= 15 is 0 Å². The summed E-state index contributed by atoms with van der Waals surface area (Å²) in [4.78, 5) is 9.17. The van der Waals surface area contributed by atoms with Gasteiger partial charge in [-0.2, -0.15) is 0 Å². The Morgan fingerprint density at radius 1 is 1.15 bits per heavy atom. The van der Waals surface area contributed by atoms with Crippen LogP contribution in [0, 0.1) is 12.8 Å². The molecule has 0 aromatic carbocycles. The van der Waals surface area contributed by atoms with Crippen LogP contribution < -0.4 is 10.6 Å². The zero-order chi connectivity index (χ0) is 15.1. The summed E-state index contributed by atoms with van der Waals surface area (Å²) < 4.78 is 0. The third-order valence-corrected chi connectivity index (χ3v) is 3.33. The Balaban J connectivity index is 3.08. The van der Waals surface area contributed by atoms with Gasteiger partial charge < -0.3 is 15.7 Å². The van der Waals surface area contributed by atoms with E-state index in [1.807, 2.05) is 6.92 Å². The highest BCUT2D eigenvalue weighted by Gasteiger charge is 2.16. The van der Waals surface area contributed by atoms with E-state index in [0.29, 0.717) is 5.92 Å². The molecule has 0 bridgehead atoms. The normalized spacial score (nSPS) is 12.6. The summed E-state index contributed by atoms with van der Waals surface area (Å²) in [6, 6.07) is 0.00699. The first kappa shape index (κ1) is 16.7. The fourth-order valence-electron chi connectivity index (χ4n) is 1.98. The molecule has 1 heterocycles. The molecule has 1 aromatic heterocycles. The first-order chi connectivity index (χ1) is 9.53. The van der Waals surface area contributed by atoms with Crippen molar-refractivity contribution in [2.75, 3.05) is 23.8 Å². The van der Waals surface area contributed by atoms with E-state index in [1.165, 1.54) is 0 Å². The summed E-state index contributed by atoms with van der Waals surface area (Å²) in [6.07, 6.45) is 1.88. The fourth-order valence-corrected chi connectivity index (χ4v) is 1.98. The molecular weight excluding hydrogens is 252 g/mol. The first-order valence-corrected chi connectivity index (χ1v) is 7.52. The van der Waals surface area contributed by atoms with Crippen LogP contribution in [0.5, 0.6) is 0 Å². The lowest BCUT2D eigenvalue weighted by Crippen LogP contribution is -2.30. The minimum absolute atomic E-state index is 0.00699. The maximum Gasteiger partial charge on any atom is 0.135 e. The van der Waals surface area contributed by atoms with Crippen molar-refractivity contribution in [1.29, 1.82) is 0 Å². The molecule has 1 rings (SSSR count). The topological polar surface area (TPSA) is 70.1 Å². The molecule has 0 fully saturated rings. The lowest BCUT2D eigenvalue weighted by atomic mass is 10.1. The largest absolute Gasteiger partial charge is 0.394 e. The lowest BCUT2D eigenvalue weighted by molar-refractivity contribution is 0.249. The monoisotopic (exact) mass is 280 g/mol. The highest BCUT2D eigenvalue weighted by molar-refractivity contribution is 5.57. The number of hydrogen-bond donors (Lipinski definition) is 3. The molecule has 0 radical (unpaired) electrons. The maximum atomic E-state index is 9.47. The molecular formula is C15H28N4O. The number of nitrogens with zero attached hydrogens (tertiary/aromatic N) is 2. The first-order valence-electron chi connectivity index (χ1n) is 7.52. The van der Waals surface area contributed by atoms with Crippen molar-refractivity contribution >= 4 is 11.6 Å². The molecule has 1 atom stereocenters. The number of aliphatic hydroxyl groups excluding tert-OH is 1. The Morgan fingerprint density at radius 3 is 2.30 bits per heavy atom. The van der Waals surface area contributed by atoms with Crippen molar-refractivity contribution in [2.24, 2.45) is 5.92 Å². The molecule has 5 heteroatoms. The van der Waals surface area contributed by atoms with Crippen molar-refractivity contribution < 1.29 is 5.11 Å². The Labute approximate surface area is 122 Å². The van der Waals surface area contributed by atoms with Crippen LogP contribution in [0.4, 0.5) is 11.6 Å². The van der Waals surface area contributed by atoms with Crippen LogP contribution in [0.15, 0.2) is 0 Å². The molecule has 114 valence electrons. The standard InChI is InChI=1S/C15H28N4O/c1-6-8-13-18-14(16-7-2)11(5)15(19-13)17-12(9-20)10(3)4/h10,12,20H,6-9H2,1-5H3,(H2,16,17,18,19)/t12-/m1/s1. The number of aliphatic hydroxyl groups is 1. The average molecular weight is 280 g/mol. The Bertz CT molecular complexity index is 421. The maximum absolute atomic E-state index is 9.47. The highest BCUT2D eigenvalue weighted by Crippen LogP contribution is 2.22. The summed E-state index contributed by atoms with van der Waals surface area (Å²) in [6.45, 7) is 11.3. The van der Waals surface area contributed by atoms with Crippen LogP contribution >= 0.6 is 0 Å². The number of rotatable bonds is 8. The molecule has 3 N–H and O–H groups in total. The minimum Gasteiger partial charge on any atom is -0.394 e. The second kappa shape index (κ2) is 8.04. The summed E-state index contributed by atoms with van der Waals surface area (Å²) in [5.74, 6) is 2.89. The van der Waals surface area contributed by atoms with E-state index in [-0.39, 0.29) is 12.6 Å². The van der Waals surface area contributed by atoms with Gasteiger partial charge in [-0.15, -0.1) is 0 Å². The number of aromatic nitrogens is 2. The number of aryl methyl sites for hydroxylation is 1. The van der Waals surface area contributed by atoms with Crippen LogP contribution in [0.1, 0.15) is 45.5 Å². The smallest absolute Gasteiger partial charge is 0.135 e. The fraction of sp³-hybridized carbons (Fsp3) is 0.733. The van der Waals surface area contributed by atoms with Gasteiger partial charge in [0.05, 0.1) is 12.6 Å². The Morgan fingerprint density at radius 2 is 1.80 bits per heavy atom. The molecule has 0 aliphatic heterocycles. The van der Waals surface area contributed by atoms with Crippen molar-refractivity contribution in [3.8, 4) is 0 Å². The molecule has 0 amide bonds. The van der Waals surface area contributed by atoms with E-state index < -0.39 is 0 Å². The zero-order valence-electron chi connectivity index (χ0n) is 13.3. The van der Waals surface area contributed by atoms with Gasteiger partial charge in [0.15, 0.2) is 0 Å². The van der Waals surface area contributed by atoms with Gasteiger partial charge in [0.1, 0.15) is 17.5 Å². The summed E-state index contributed by atoms with van der Waals surface area (Å²) >= 11 is 0. The molecule has 0 spiro atoms. The molecule has 0 aliphatic rings. The molecule has 0 saturated carbocycles. The van der Waals surface area contributed by atoms with E-state index in [0.717, 1.165) is 42.4 Å². The van der Waals surface area contributed by atoms with Gasteiger partial charge in [-0.25, -0.2) is 9.97 Å². The van der Waals surface area contributed by atoms with Crippen molar-refractivity contribution in [3.63, 3.8) is 0 Å². The van der Waals surface area contributed by atoms with Gasteiger partial charge in [-0.1, -0.05) is 20.8 Å². The molecule has 5 nitrogen and oxygen atoms in total. The van der Waals surface area contributed by atoms with Crippen LogP contribution in [0.3, 0.4) is 0 Å². The summed E-state index contributed by atoms with van der Waals surface area (Å²) in [7, 11) is 0. The van der Waals surface area contributed by atoms with Crippen LogP contribution in [-0.2, 0) is 6.42 Å². The Hall–Kier alpha value is -1.36. The van der Waals surface area contributed by atoms with Crippen LogP contribution in [0.2, 0.25) is 0 Å². The minimum atomic E-state index is 0.00699. The van der Waals surface area contributed by atoms with Gasteiger partial charge in [-0.05, 0) is 26.2 Å². The predicted molar refractivity (Wildman–Crippen MR) is 84.3 cm³/mol. The van der Waals surface area contributed by atoms with E-state index in [4.69, 9.17) is 0 Å². The molecule has 0 aliphatic carbocycles. The van der Waals surface area contributed by atoms with Crippen LogP contribution in [-0.4, -0.2) is 34.3 Å².